The van der Waals surface area contributed by atoms with Crippen molar-refractivity contribution in [2.75, 3.05) is 19.3 Å². The lowest BCUT2D eigenvalue weighted by molar-refractivity contribution is 0.616. The molecule has 0 rings (SSSR count). The lowest BCUT2D eigenvalue weighted by atomic mass is 10.2. The van der Waals surface area contributed by atoms with Crippen molar-refractivity contribution in [3.05, 3.63) is 0 Å². The van der Waals surface area contributed by atoms with Gasteiger partial charge in [0.15, 0.2) is 5.11 Å². The molecule has 0 aromatic heterocycles. The summed E-state index contributed by atoms with van der Waals surface area (Å²) in [7, 11) is -0.740. The van der Waals surface area contributed by atoms with Gasteiger partial charge in [0.1, 0.15) is 0 Å². The van der Waals surface area contributed by atoms with Crippen LogP contribution in [0.4, 0.5) is 0 Å². The summed E-state index contributed by atoms with van der Waals surface area (Å²) in [4.78, 5) is 0. The van der Waals surface area contributed by atoms with Crippen LogP contribution >= 0.6 is 12.2 Å². The molecule has 0 aliphatic heterocycles. The van der Waals surface area contributed by atoms with E-state index in [4.69, 9.17) is 12.2 Å². The maximum atomic E-state index is 11.1. The smallest absolute Gasteiger partial charge is 0.166 e. The maximum Gasteiger partial charge on any atom is 0.166 e. The van der Waals surface area contributed by atoms with Gasteiger partial charge in [0, 0.05) is 35.4 Å². The van der Waals surface area contributed by atoms with Crippen molar-refractivity contribution in [2.45, 2.75) is 32.4 Å². The Morgan fingerprint density at radius 2 is 1.93 bits per heavy atom. The molecule has 0 aliphatic rings. The van der Waals surface area contributed by atoms with Gasteiger partial charge in [0.2, 0.25) is 0 Å². The molecule has 2 atom stereocenters. The average molecular weight is 250 g/mol. The second-order valence-electron chi connectivity index (χ2n) is 4.13. The first-order chi connectivity index (χ1) is 6.93. The second-order valence-corrected chi connectivity index (χ2v) is 6.34. The number of rotatable bonds is 6. The molecule has 0 heterocycles. The van der Waals surface area contributed by atoms with E-state index in [1.54, 1.807) is 6.26 Å². The first-order valence-corrected chi connectivity index (χ1v) is 7.30. The molecule has 0 radical (unpaired) electrons. The standard InChI is InChI=1S/C10H22N2OS2/c1-8(2)7-12-10(14)11-6-5-9(3)15(4)13/h8-9H,5-7H2,1-4H3,(H2,11,12,14). The normalized spacial score (nSPS) is 14.7. The highest BCUT2D eigenvalue weighted by molar-refractivity contribution is 7.84. The summed E-state index contributed by atoms with van der Waals surface area (Å²) in [5.41, 5.74) is 0. The summed E-state index contributed by atoms with van der Waals surface area (Å²) in [5, 5.41) is 7.16. The number of hydrogen-bond acceptors (Lipinski definition) is 2. The van der Waals surface area contributed by atoms with Crippen LogP contribution in [0, 0.1) is 5.92 Å². The van der Waals surface area contributed by atoms with Gasteiger partial charge in [-0.05, 0) is 24.6 Å². The molecular formula is C10H22N2OS2. The molecule has 90 valence electrons. The van der Waals surface area contributed by atoms with Crippen molar-refractivity contribution in [1.82, 2.24) is 10.6 Å². The lowest BCUT2D eigenvalue weighted by Gasteiger charge is -2.13. The van der Waals surface area contributed by atoms with Crippen LogP contribution in [0.1, 0.15) is 27.2 Å². The highest BCUT2D eigenvalue weighted by atomic mass is 32.2. The Hall–Kier alpha value is -0.160. The van der Waals surface area contributed by atoms with E-state index in [1.165, 1.54) is 0 Å². The molecule has 2 unspecified atom stereocenters. The molecule has 2 N–H and O–H groups in total. The third-order valence-electron chi connectivity index (χ3n) is 2.07. The third-order valence-corrected chi connectivity index (χ3v) is 3.73. The van der Waals surface area contributed by atoms with Crippen molar-refractivity contribution in [1.29, 1.82) is 0 Å². The van der Waals surface area contributed by atoms with Gasteiger partial charge in [0.25, 0.3) is 0 Å². The van der Waals surface area contributed by atoms with Crippen molar-refractivity contribution in [2.24, 2.45) is 5.92 Å². The van der Waals surface area contributed by atoms with Gasteiger partial charge in [-0.2, -0.15) is 0 Å². The fourth-order valence-electron chi connectivity index (χ4n) is 0.914. The number of hydrogen-bond donors (Lipinski definition) is 2. The lowest BCUT2D eigenvalue weighted by Crippen LogP contribution is -2.38. The molecule has 0 amide bonds. The van der Waals surface area contributed by atoms with Crippen LogP contribution in [0.25, 0.3) is 0 Å². The zero-order valence-electron chi connectivity index (χ0n) is 10.0. The van der Waals surface area contributed by atoms with Crippen LogP contribution in [-0.4, -0.2) is 33.9 Å². The quantitative estimate of drug-likeness (QED) is 0.697. The molecule has 0 aromatic rings. The minimum absolute atomic E-state index is 0.227. The van der Waals surface area contributed by atoms with E-state index in [0.29, 0.717) is 11.0 Å². The summed E-state index contributed by atoms with van der Waals surface area (Å²) in [6.07, 6.45) is 2.62. The van der Waals surface area contributed by atoms with E-state index in [9.17, 15) is 4.21 Å². The molecule has 0 aliphatic carbocycles. The first kappa shape index (κ1) is 14.8. The Kier molecular flexibility index (Phi) is 7.96. The van der Waals surface area contributed by atoms with E-state index in [0.717, 1.165) is 19.5 Å². The molecule has 0 spiro atoms. The molecule has 5 heteroatoms. The minimum Gasteiger partial charge on any atom is -0.363 e. The molecule has 0 aromatic carbocycles. The minimum atomic E-state index is -0.740. The Morgan fingerprint density at radius 1 is 1.33 bits per heavy atom. The SMILES string of the molecule is CC(C)CNC(=S)NCCC(C)S(C)=O. The summed E-state index contributed by atoms with van der Waals surface area (Å²) in [6.45, 7) is 7.93. The largest absolute Gasteiger partial charge is 0.363 e. The van der Waals surface area contributed by atoms with E-state index >= 15 is 0 Å². The maximum absolute atomic E-state index is 11.1. The molecule has 15 heavy (non-hydrogen) atoms. The van der Waals surface area contributed by atoms with Crippen LogP contribution in [-0.2, 0) is 10.8 Å². The van der Waals surface area contributed by atoms with Gasteiger partial charge in [-0.15, -0.1) is 0 Å². The van der Waals surface area contributed by atoms with Gasteiger partial charge >= 0.3 is 0 Å². The highest BCUT2D eigenvalue weighted by Gasteiger charge is 2.05. The van der Waals surface area contributed by atoms with E-state index in [2.05, 4.69) is 24.5 Å². The van der Waals surface area contributed by atoms with Crippen LogP contribution in [0.2, 0.25) is 0 Å². The molecular weight excluding hydrogens is 228 g/mol. The molecule has 0 fully saturated rings. The first-order valence-electron chi connectivity index (χ1n) is 5.27. The van der Waals surface area contributed by atoms with E-state index in [1.807, 2.05) is 6.92 Å². The third kappa shape index (κ3) is 8.81. The average Bonchev–Trinajstić information content (AvgIpc) is 2.14. The van der Waals surface area contributed by atoms with Crippen LogP contribution in [0.3, 0.4) is 0 Å². The van der Waals surface area contributed by atoms with Crippen molar-refractivity contribution in [3.63, 3.8) is 0 Å². The van der Waals surface area contributed by atoms with Crippen molar-refractivity contribution < 1.29 is 4.21 Å². The molecule has 0 bridgehead atoms. The molecule has 3 nitrogen and oxygen atoms in total. The van der Waals surface area contributed by atoms with Gasteiger partial charge in [-0.3, -0.25) is 4.21 Å². The monoisotopic (exact) mass is 250 g/mol. The fourth-order valence-corrected chi connectivity index (χ4v) is 1.55. The zero-order chi connectivity index (χ0) is 11.8. The van der Waals surface area contributed by atoms with Crippen LogP contribution < -0.4 is 10.6 Å². The van der Waals surface area contributed by atoms with Crippen molar-refractivity contribution >= 4 is 28.1 Å². The summed E-state index contributed by atoms with van der Waals surface area (Å²) in [5.74, 6) is 0.590. The van der Waals surface area contributed by atoms with E-state index < -0.39 is 10.8 Å². The molecule has 0 saturated carbocycles. The topological polar surface area (TPSA) is 41.1 Å². The predicted octanol–water partition coefficient (Wildman–Crippen LogP) is 1.26. The summed E-state index contributed by atoms with van der Waals surface area (Å²) >= 11 is 5.09. The number of nitrogens with one attached hydrogen (secondary N) is 2. The Labute approximate surface area is 101 Å². The van der Waals surface area contributed by atoms with Gasteiger partial charge < -0.3 is 10.6 Å². The zero-order valence-corrected chi connectivity index (χ0v) is 11.6. The van der Waals surface area contributed by atoms with E-state index in [-0.39, 0.29) is 5.25 Å². The van der Waals surface area contributed by atoms with Gasteiger partial charge in [-0.25, -0.2) is 0 Å². The Bertz CT molecular complexity index is 219. The summed E-state index contributed by atoms with van der Waals surface area (Å²) < 4.78 is 11.1. The Balaban J connectivity index is 3.51. The Morgan fingerprint density at radius 3 is 2.40 bits per heavy atom. The van der Waals surface area contributed by atoms with Crippen LogP contribution in [0.15, 0.2) is 0 Å². The van der Waals surface area contributed by atoms with Gasteiger partial charge in [-0.1, -0.05) is 20.8 Å². The predicted molar refractivity (Wildman–Crippen MR) is 71.6 cm³/mol. The van der Waals surface area contributed by atoms with Crippen LogP contribution in [0.5, 0.6) is 0 Å². The molecule has 0 saturated heterocycles. The second kappa shape index (κ2) is 8.05. The summed E-state index contributed by atoms with van der Waals surface area (Å²) in [6, 6.07) is 0. The fraction of sp³-hybridized carbons (Fsp3) is 0.900. The van der Waals surface area contributed by atoms with Crippen molar-refractivity contribution in [3.8, 4) is 0 Å². The highest BCUT2D eigenvalue weighted by Crippen LogP contribution is 1.97. The number of thiocarbonyl (C=S) groups is 1. The van der Waals surface area contributed by atoms with Gasteiger partial charge in [0.05, 0.1) is 0 Å².